The number of carboxylic acid groups (broad SMARTS) is 2. The number of carbonyl (C=O) groups is 3. The number of aliphatic carboxylic acids is 2. The standard InChI is InChI=1S/C9H15NO5/c1-2-7(11)10-6(9(14)15)4-3-5-8(12)13/h6H,2-5H2,1H3,(H,10,11)(H,12,13)(H,14,15). The minimum atomic E-state index is -1.14. The highest BCUT2D eigenvalue weighted by atomic mass is 16.4. The summed E-state index contributed by atoms with van der Waals surface area (Å²) in [5.41, 5.74) is 0. The molecule has 0 spiro atoms. The molecule has 0 rings (SSSR count). The molecule has 86 valence electrons. The molecule has 6 heteroatoms. The van der Waals surface area contributed by atoms with E-state index in [0.29, 0.717) is 0 Å². The summed E-state index contributed by atoms with van der Waals surface area (Å²) < 4.78 is 0. The van der Waals surface area contributed by atoms with Crippen molar-refractivity contribution in [3.8, 4) is 0 Å². The molecule has 1 unspecified atom stereocenters. The monoisotopic (exact) mass is 217 g/mol. The summed E-state index contributed by atoms with van der Waals surface area (Å²) in [5.74, 6) is -2.46. The molecular weight excluding hydrogens is 202 g/mol. The van der Waals surface area contributed by atoms with E-state index in [-0.39, 0.29) is 31.6 Å². The molecule has 1 atom stereocenters. The normalized spacial score (nSPS) is 11.8. The van der Waals surface area contributed by atoms with Gasteiger partial charge in [0.1, 0.15) is 6.04 Å². The van der Waals surface area contributed by atoms with E-state index < -0.39 is 18.0 Å². The van der Waals surface area contributed by atoms with Gasteiger partial charge in [-0.25, -0.2) is 4.79 Å². The molecule has 3 N–H and O–H groups in total. The van der Waals surface area contributed by atoms with Crippen molar-refractivity contribution in [2.24, 2.45) is 0 Å². The number of carbonyl (C=O) groups excluding carboxylic acids is 1. The molecule has 0 fully saturated rings. The molecule has 0 bridgehead atoms. The van der Waals surface area contributed by atoms with Crippen molar-refractivity contribution >= 4 is 17.8 Å². The molecule has 0 aliphatic carbocycles. The molecule has 0 aromatic heterocycles. The third kappa shape index (κ3) is 6.48. The largest absolute Gasteiger partial charge is 0.481 e. The summed E-state index contributed by atoms with van der Waals surface area (Å²) in [5, 5.41) is 19.4. The van der Waals surface area contributed by atoms with E-state index in [1.807, 2.05) is 0 Å². The highest BCUT2D eigenvalue weighted by Gasteiger charge is 2.18. The molecule has 0 aromatic carbocycles. The van der Waals surface area contributed by atoms with Gasteiger partial charge >= 0.3 is 11.9 Å². The lowest BCUT2D eigenvalue weighted by Crippen LogP contribution is -2.40. The summed E-state index contributed by atoms with van der Waals surface area (Å²) in [7, 11) is 0. The van der Waals surface area contributed by atoms with Crippen LogP contribution in [0.15, 0.2) is 0 Å². The summed E-state index contributed by atoms with van der Waals surface area (Å²) in [6.45, 7) is 1.62. The Morgan fingerprint density at radius 3 is 2.27 bits per heavy atom. The van der Waals surface area contributed by atoms with Crippen molar-refractivity contribution in [1.82, 2.24) is 5.32 Å². The smallest absolute Gasteiger partial charge is 0.326 e. The van der Waals surface area contributed by atoms with Gasteiger partial charge in [-0.2, -0.15) is 0 Å². The molecule has 1 amide bonds. The summed E-state index contributed by atoms with van der Waals surface area (Å²) in [6.07, 6.45) is 0.484. The fourth-order valence-corrected chi connectivity index (χ4v) is 1.01. The van der Waals surface area contributed by atoms with E-state index in [1.165, 1.54) is 0 Å². The van der Waals surface area contributed by atoms with Crippen LogP contribution in [0.2, 0.25) is 0 Å². The lowest BCUT2D eigenvalue weighted by molar-refractivity contribution is -0.142. The Bertz CT molecular complexity index is 251. The van der Waals surface area contributed by atoms with Crippen LogP contribution >= 0.6 is 0 Å². The van der Waals surface area contributed by atoms with Crippen LogP contribution in [0.25, 0.3) is 0 Å². The third-order valence-corrected chi connectivity index (χ3v) is 1.84. The van der Waals surface area contributed by atoms with Gasteiger partial charge in [-0.15, -0.1) is 0 Å². The maximum Gasteiger partial charge on any atom is 0.326 e. The molecule has 0 saturated carbocycles. The first-order valence-corrected chi connectivity index (χ1v) is 4.71. The molecule has 0 aliphatic rings. The van der Waals surface area contributed by atoms with E-state index in [0.717, 1.165) is 0 Å². The SMILES string of the molecule is CCC(=O)NC(CCCC(=O)O)C(=O)O. The Morgan fingerprint density at radius 1 is 1.27 bits per heavy atom. The zero-order chi connectivity index (χ0) is 11.8. The van der Waals surface area contributed by atoms with Crippen molar-refractivity contribution in [1.29, 1.82) is 0 Å². The number of hydrogen-bond acceptors (Lipinski definition) is 3. The zero-order valence-electron chi connectivity index (χ0n) is 8.52. The number of amides is 1. The highest BCUT2D eigenvalue weighted by molar-refractivity contribution is 5.83. The Balaban J connectivity index is 4.00. The van der Waals surface area contributed by atoms with Gasteiger partial charge in [0.05, 0.1) is 0 Å². The lowest BCUT2D eigenvalue weighted by Gasteiger charge is -2.12. The van der Waals surface area contributed by atoms with Gasteiger partial charge in [0.15, 0.2) is 0 Å². The second-order valence-corrected chi connectivity index (χ2v) is 3.10. The minimum Gasteiger partial charge on any atom is -0.481 e. The van der Waals surface area contributed by atoms with Crippen LogP contribution in [0, 0.1) is 0 Å². The van der Waals surface area contributed by atoms with E-state index in [4.69, 9.17) is 10.2 Å². The summed E-state index contributed by atoms with van der Waals surface area (Å²) >= 11 is 0. The fourth-order valence-electron chi connectivity index (χ4n) is 1.01. The highest BCUT2D eigenvalue weighted by Crippen LogP contribution is 2.02. The summed E-state index contributed by atoms with van der Waals surface area (Å²) in [6, 6.07) is -0.989. The third-order valence-electron chi connectivity index (χ3n) is 1.84. The molecule has 15 heavy (non-hydrogen) atoms. The van der Waals surface area contributed by atoms with Gasteiger partial charge in [0, 0.05) is 12.8 Å². The quantitative estimate of drug-likeness (QED) is 0.566. The van der Waals surface area contributed by atoms with Gasteiger partial charge in [0.2, 0.25) is 5.91 Å². The van der Waals surface area contributed by atoms with E-state index in [1.54, 1.807) is 6.92 Å². The van der Waals surface area contributed by atoms with Crippen LogP contribution < -0.4 is 5.32 Å². The molecule has 0 heterocycles. The Hall–Kier alpha value is -1.59. The molecule has 0 aromatic rings. The van der Waals surface area contributed by atoms with Gasteiger partial charge < -0.3 is 15.5 Å². The predicted molar refractivity (Wildman–Crippen MR) is 51.3 cm³/mol. The van der Waals surface area contributed by atoms with E-state index in [9.17, 15) is 14.4 Å². The average Bonchev–Trinajstić information content (AvgIpc) is 2.15. The van der Waals surface area contributed by atoms with Crippen LogP contribution in [-0.2, 0) is 14.4 Å². The fraction of sp³-hybridized carbons (Fsp3) is 0.667. The second-order valence-electron chi connectivity index (χ2n) is 3.10. The first-order chi connectivity index (χ1) is 6.97. The maximum absolute atomic E-state index is 10.9. The Kier molecular flexibility index (Phi) is 6.08. The number of nitrogens with one attached hydrogen (secondary N) is 1. The van der Waals surface area contributed by atoms with Gasteiger partial charge in [-0.05, 0) is 12.8 Å². The van der Waals surface area contributed by atoms with Crippen LogP contribution in [0.4, 0.5) is 0 Å². The average molecular weight is 217 g/mol. The molecular formula is C9H15NO5. The van der Waals surface area contributed by atoms with Crippen LogP contribution in [-0.4, -0.2) is 34.1 Å². The Morgan fingerprint density at radius 2 is 1.87 bits per heavy atom. The number of carboxylic acids is 2. The van der Waals surface area contributed by atoms with Crippen molar-refractivity contribution in [2.45, 2.75) is 38.6 Å². The van der Waals surface area contributed by atoms with Crippen LogP contribution in [0.5, 0.6) is 0 Å². The zero-order valence-corrected chi connectivity index (χ0v) is 8.52. The molecule has 0 saturated heterocycles. The van der Waals surface area contributed by atoms with E-state index in [2.05, 4.69) is 5.32 Å². The number of hydrogen-bond donors (Lipinski definition) is 3. The minimum absolute atomic E-state index is 0.0915. The second kappa shape index (κ2) is 6.80. The maximum atomic E-state index is 10.9. The van der Waals surface area contributed by atoms with Crippen molar-refractivity contribution < 1.29 is 24.6 Å². The van der Waals surface area contributed by atoms with E-state index >= 15 is 0 Å². The van der Waals surface area contributed by atoms with Crippen molar-refractivity contribution in [3.05, 3.63) is 0 Å². The summed E-state index contributed by atoms with van der Waals surface area (Å²) in [4.78, 5) is 31.8. The van der Waals surface area contributed by atoms with Crippen LogP contribution in [0.1, 0.15) is 32.6 Å². The van der Waals surface area contributed by atoms with Gasteiger partial charge in [0.25, 0.3) is 0 Å². The Labute approximate surface area is 87.3 Å². The molecule has 6 nitrogen and oxygen atoms in total. The topological polar surface area (TPSA) is 104 Å². The van der Waals surface area contributed by atoms with Gasteiger partial charge in [-0.3, -0.25) is 9.59 Å². The number of rotatable bonds is 7. The molecule has 0 radical (unpaired) electrons. The first-order valence-electron chi connectivity index (χ1n) is 4.71. The van der Waals surface area contributed by atoms with Crippen molar-refractivity contribution in [2.75, 3.05) is 0 Å². The lowest BCUT2D eigenvalue weighted by atomic mass is 10.1. The van der Waals surface area contributed by atoms with Gasteiger partial charge in [-0.1, -0.05) is 6.92 Å². The molecule has 0 aliphatic heterocycles. The predicted octanol–water partition coefficient (Wildman–Crippen LogP) is 0.221. The van der Waals surface area contributed by atoms with Crippen LogP contribution in [0.3, 0.4) is 0 Å². The first kappa shape index (κ1) is 13.4. The van der Waals surface area contributed by atoms with Crippen molar-refractivity contribution in [3.63, 3.8) is 0 Å².